The standard InChI is InChI=1S/C20H27NO.C2H6/c1-4-16(10-9-15(2)3)18-7-5-6-8-19(18)20(22)17-11-13-21-14-12-17;1-2/h4-10,17,20-22H,1,11-14H2,2-3H3;1-2H3/b16-10+;. The minimum absolute atomic E-state index is 0.330. The molecule has 0 saturated carbocycles. The summed E-state index contributed by atoms with van der Waals surface area (Å²) in [6.45, 7) is 14.1. The van der Waals surface area contributed by atoms with Gasteiger partial charge in [0.05, 0.1) is 6.10 Å². The highest BCUT2D eigenvalue weighted by molar-refractivity contribution is 5.77. The molecule has 1 unspecified atom stereocenters. The van der Waals surface area contributed by atoms with Crippen molar-refractivity contribution in [3.63, 3.8) is 0 Å². The number of rotatable bonds is 5. The molecule has 24 heavy (non-hydrogen) atoms. The first-order chi connectivity index (χ1) is 11.6. The maximum Gasteiger partial charge on any atom is 0.0825 e. The molecule has 2 rings (SSSR count). The number of hydrogen-bond acceptors (Lipinski definition) is 2. The van der Waals surface area contributed by atoms with E-state index >= 15 is 0 Å². The van der Waals surface area contributed by atoms with E-state index in [1.54, 1.807) is 0 Å². The van der Waals surface area contributed by atoms with Gasteiger partial charge >= 0.3 is 0 Å². The molecule has 0 bridgehead atoms. The number of hydrogen-bond donors (Lipinski definition) is 2. The molecule has 2 nitrogen and oxygen atoms in total. The van der Waals surface area contributed by atoms with E-state index in [1.165, 1.54) is 5.57 Å². The molecule has 1 aliphatic rings. The number of aliphatic hydroxyl groups excluding tert-OH is 1. The van der Waals surface area contributed by atoms with Crippen LogP contribution in [0.5, 0.6) is 0 Å². The minimum Gasteiger partial charge on any atom is -0.388 e. The Morgan fingerprint density at radius 2 is 1.79 bits per heavy atom. The quantitative estimate of drug-likeness (QED) is 0.721. The van der Waals surface area contributed by atoms with Crippen LogP contribution in [0.15, 0.2) is 54.6 Å². The van der Waals surface area contributed by atoms with Crippen LogP contribution in [0.2, 0.25) is 0 Å². The molecule has 0 amide bonds. The molecule has 0 spiro atoms. The van der Waals surface area contributed by atoms with Crippen LogP contribution in [0.1, 0.15) is 57.8 Å². The second kappa shape index (κ2) is 11.0. The highest BCUT2D eigenvalue weighted by atomic mass is 16.3. The fourth-order valence-electron chi connectivity index (χ4n) is 2.96. The molecular weight excluding hydrogens is 294 g/mol. The fraction of sp³-hybridized carbons (Fsp3) is 0.455. The number of nitrogens with one attached hydrogen (secondary N) is 1. The summed E-state index contributed by atoms with van der Waals surface area (Å²) in [5.41, 5.74) is 4.41. The predicted octanol–water partition coefficient (Wildman–Crippen LogP) is 5.28. The van der Waals surface area contributed by atoms with Gasteiger partial charge in [-0.05, 0) is 62.4 Å². The summed E-state index contributed by atoms with van der Waals surface area (Å²) in [7, 11) is 0. The zero-order valence-electron chi connectivity index (χ0n) is 15.7. The summed E-state index contributed by atoms with van der Waals surface area (Å²) in [6.07, 6.45) is 7.68. The van der Waals surface area contributed by atoms with Crippen molar-refractivity contribution in [2.75, 3.05) is 13.1 Å². The van der Waals surface area contributed by atoms with Crippen molar-refractivity contribution in [3.05, 3.63) is 65.8 Å². The third kappa shape index (κ3) is 5.77. The second-order valence-electron chi connectivity index (χ2n) is 6.19. The van der Waals surface area contributed by atoms with Crippen molar-refractivity contribution < 1.29 is 5.11 Å². The molecule has 1 heterocycles. The summed E-state index contributed by atoms with van der Waals surface area (Å²) in [5.74, 6) is 0.330. The monoisotopic (exact) mass is 327 g/mol. The number of aliphatic hydroxyl groups is 1. The van der Waals surface area contributed by atoms with Crippen LogP contribution >= 0.6 is 0 Å². The largest absolute Gasteiger partial charge is 0.388 e. The van der Waals surface area contributed by atoms with Gasteiger partial charge in [-0.3, -0.25) is 0 Å². The summed E-state index contributed by atoms with van der Waals surface area (Å²) in [4.78, 5) is 0. The highest BCUT2D eigenvalue weighted by Gasteiger charge is 2.24. The molecular formula is C22H33NO. The molecule has 1 aliphatic heterocycles. The highest BCUT2D eigenvalue weighted by Crippen LogP contribution is 2.33. The fourth-order valence-corrected chi connectivity index (χ4v) is 2.96. The Kier molecular flexibility index (Phi) is 9.36. The zero-order chi connectivity index (χ0) is 17.9. The van der Waals surface area contributed by atoms with Crippen LogP contribution in [-0.2, 0) is 0 Å². The van der Waals surface area contributed by atoms with Gasteiger partial charge in [-0.25, -0.2) is 0 Å². The van der Waals surface area contributed by atoms with E-state index < -0.39 is 6.10 Å². The first kappa shape index (κ1) is 20.4. The molecule has 1 saturated heterocycles. The summed E-state index contributed by atoms with van der Waals surface area (Å²) in [5, 5.41) is 14.2. The molecule has 2 N–H and O–H groups in total. The Morgan fingerprint density at radius 1 is 1.17 bits per heavy atom. The molecule has 0 radical (unpaired) electrons. The van der Waals surface area contributed by atoms with Crippen molar-refractivity contribution >= 4 is 5.57 Å². The van der Waals surface area contributed by atoms with E-state index in [0.29, 0.717) is 5.92 Å². The van der Waals surface area contributed by atoms with Gasteiger partial charge in [0.15, 0.2) is 0 Å². The van der Waals surface area contributed by atoms with Crippen LogP contribution < -0.4 is 5.32 Å². The molecule has 1 fully saturated rings. The van der Waals surface area contributed by atoms with Gasteiger partial charge in [-0.1, -0.05) is 68.5 Å². The molecule has 1 aromatic carbocycles. The van der Waals surface area contributed by atoms with Crippen LogP contribution in [-0.4, -0.2) is 18.2 Å². The van der Waals surface area contributed by atoms with Crippen molar-refractivity contribution in [2.24, 2.45) is 5.92 Å². The van der Waals surface area contributed by atoms with Gasteiger partial charge < -0.3 is 10.4 Å². The lowest BCUT2D eigenvalue weighted by Gasteiger charge is -2.28. The predicted molar refractivity (Wildman–Crippen MR) is 106 cm³/mol. The number of benzene rings is 1. The Morgan fingerprint density at radius 3 is 2.38 bits per heavy atom. The average molecular weight is 328 g/mol. The van der Waals surface area contributed by atoms with Gasteiger partial charge in [0, 0.05) is 0 Å². The topological polar surface area (TPSA) is 32.3 Å². The molecule has 132 valence electrons. The van der Waals surface area contributed by atoms with Gasteiger partial charge in [0.1, 0.15) is 0 Å². The van der Waals surface area contributed by atoms with Gasteiger partial charge in [-0.15, -0.1) is 0 Å². The third-order valence-electron chi connectivity index (χ3n) is 4.24. The zero-order valence-corrected chi connectivity index (χ0v) is 15.7. The third-order valence-corrected chi connectivity index (χ3v) is 4.24. The van der Waals surface area contributed by atoms with E-state index in [9.17, 15) is 5.11 Å². The van der Waals surface area contributed by atoms with E-state index in [0.717, 1.165) is 42.6 Å². The van der Waals surface area contributed by atoms with E-state index in [2.05, 4.69) is 44.0 Å². The van der Waals surface area contributed by atoms with Crippen molar-refractivity contribution in [2.45, 2.75) is 46.6 Å². The lowest BCUT2D eigenvalue weighted by molar-refractivity contribution is 0.0887. The van der Waals surface area contributed by atoms with Gasteiger partial charge in [0.25, 0.3) is 0 Å². The molecule has 1 aromatic rings. The van der Waals surface area contributed by atoms with Crippen LogP contribution in [0.25, 0.3) is 5.57 Å². The Hall–Kier alpha value is -1.64. The molecule has 1 atom stereocenters. The maximum absolute atomic E-state index is 10.8. The first-order valence-electron chi connectivity index (χ1n) is 9.09. The van der Waals surface area contributed by atoms with E-state index in [4.69, 9.17) is 0 Å². The first-order valence-corrected chi connectivity index (χ1v) is 9.09. The van der Waals surface area contributed by atoms with E-state index in [1.807, 2.05) is 38.1 Å². The Bertz CT molecular complexity index is 561. The smallest absolute Gasteiger partial charge is 0.0825 e. The van der Waals surface area contributed by atoms with Gasteiger partial charge in [-0.2, -0.15) is 0 Å². The second-order valence-corrected chi connectivity index (χ2v) is 6.19. The van der Waals surface area contributed by atoms with Crippen molar-refractivity contribution in [1.82, 2.24) is 5.32 Å². The number of piperidine rings is 1. The van der Waals surface area contributed by atoms with Gasteiger partial charge in [0.2, 0.25) is 0 Å². The Balaban J connectivity index is 0.00000139. The van der Waals surface area contributed by atoms with E-state index in [-0.39, 0.29) is 0 Å². The maximum atomic E-state index is 10.8. The number of allylic oxidation sites excluding steroid dienone is 5. The van der Waals surface area contributed by atoms with Crippen LogP contribution in [0.4, 0.5) is 0 Å². The normalized spacial score (nSPS) is 16.6. The Labute approximate surface area is 148 Å². The minimum atomic E-state index is -0.409. The van der Waals surface area contributed by atoms with Crippen molar-refractivity contribution in [1.29, 1.82) is 0 Å². The molecule has 0 aliphatic carbocycles. The summed E-state index contributed by atoms with van der Waals surface area (Å²) in [6, 6.07) is 8.15. The van der Waals surface area contributed by atoms with Crippen molar-refractivity contribution in [3.8, 4) is 0 Å². The SMILES string of the molecule is C=C/C(=C\C=C(C)C)c1ccccc1C(O)C1CCNCC1.CC. The lowest BCUT2D eigenvalue weighted by atomic mass is 9.84. The van der Waals surface area contributed by atoms with Crippen LogP contribution in [0, 0.1) is 5.92 Å². The van der Waals surface area contributed by atoms with Crippen LogP contribution in [0.3, 0.4) is 0 Å². The summed E-state index contributed by atoms with van der Waals surface area (Å²) < 4.78 is 0. The molecule has 0 aromatic heterocycles. The molecule has 2 heteroatoms. The lowest BCUT2D eigenvalue weighted by Crippen LogP contribution is -2.31. The average Bonchev–Trinajstić information content (AvgIpc) is 2.64. The summed E-state index contributed by atoms with van der Waals surface area (Å²) >= 11 is 0.